The predicted octanol–water partition coefficient (Wildman–Crippen LogP) is 1.55. The van der Waals surface area contributed by atoms with Crippen molar-refractivity contribution in [2.75, 3.05) is 6.54 Å². The first-order valence-corrected chi connectivity index (χ1v) is 5.73. The van der Waals surface area contributed by atoms with Gasteiger partial charge in [-0.25, -0.2) is 0 Å². The molecule has 1 N–H and O–H groups in total. The van der Waals surface area contributed by atoms with E-state index in [0.717, 1.165) is 19.4 Å². The van der Waals surface area contributed by atoms with Gasteiger partial charge in [0.05, 0.1) is 0 Å². The molecule has 0 spiro atoms. The van der Waals surface area contributed by atoms with Gasteiger partial charge in [0.1, 0.15) is 0 Å². The summed E-state index contributed by atoms with van der Waals surface area (Å²) in [7, 11) is 0. The lowest BCUT2D eigenvalue weighted by Crippen LogP contribution is -2.52. The number of carbonyl (C=O) groups excluding carboxylic acids is 1. The zero-order chi connectivity index (χ0) is 11.4. The third-order valence-electron chi connectivity index (χ3n) is 2.91. The van der Waals surface area contributed by atoms with Crippen molar-refractivity contribution in [3.63, 3.8) is 0 Å². The fourth-order valence-electron chi connectivity index (χ4n) is 2.14. The smallest absolute Gasteiger partial charge is 0.246 e. The number of rotatable bonds is 3. The molecule has 0 aromatic carbocycles. The van der Waals surface area contributed by atoms with E-state index in [4.69, 9.17) is 0 Å². The van der Waals surface area contributed by atoms with Gasteiger partial charge in [0.2, 0.25) is 5.91 Å². The van der Waals surface area contributed by atoms with E-state index >= 15 is 0 Å². The first-order valence-electron chi connectivity index (χ1n) is 5.73. The minimum atomic E-state index is 0.0535. The van der Waals surface area contributed by atoms with Gasteiger partial charge in [0.15, 0.2) is 0 Å². The number of likely N-dealkylation sites (tertiary alicyclic amines) is 1. The van der Waals surface area contributed by atoms with Crippen LogP contribution in [0.15, 0.2) is 12.7 Å². The maximum atomic E-state index is 11.6. The van der Waals surface area contributed by atoms with Crippen LogP contribution in [0.5, 0.6) is 0 Å². The molecule has 15 heavy (non-hydrogen) atoms. The Balaban J connectivity index is 2.55. The average Bonchev–Trinajstić information content (AvgIpc) is 2.19. The van der Waals surface area contributed by atoms with Gasteiger partial charge in [0.25, 0.3) is 0 Å². The van der Waals surface area contributed by atoms with Crippen LogP contribution < -0.4 is 5.32 Å². The molecule has 3 nitrogen and oxygen atoms in total. The highest BCUT2D eigenvalue weighted by Gasteiger charge is 2.27. The van der Waals surface area contributed by atoms with Crippen LogP contribution in [0.1, 0.15) is 33.6 Å². The first kappa shape index (κ1) is 12.2. The molecule has 1 amide bonds. The summed E-state index contributed by atoms with van der Waals surface area (Å²) in [6, 6.07) is 1.26. The van der Waals surface area contributed by atoms with Gasteiger partial charge in [0, 0.05) is 24.7 Å². The lowest BCUT2D eigenvalue weighted by molar-refractivity contribution is -0.129. The molecule has 0 aliphatic carbocycles. The van der Waals surface area contributed by atoms with Gasteiger partial charge in [-0.15, -0.1) is 0 Å². The summed E-state index contributed by atoms with van der Waals surface area (Å²) in [5, 5.41) is 3.48. The molecule has 1 rings (SSSR count). The van der Waals surface area contributed by atoms with Gasteiger partial charge in [-0.2, -0.15) is 0 Å². The Morgan fingerprint density at radius 3 is 2.73 bits per heavy atom. The number of nitrogens with zero attached hydrogens (tertiary/aromatic N) is 1. The molecule has 2 unspecified atom stereocenters. The van der Waals surface area contributed by atoms with Crippen LogP contribution >= 0.6 is 0 Å². The molecule has 1 aliphatic heterocycles. The highest BCUT2D eigenvalue weighted by atomic mass is 16.2. The molecule has 0 saturated carbocycles. The van der Waals surface area contributed by atoms with E-state index in [9.17, 15) is 4.79 Å². The molecule has 2 atom stereocenters. The monoisotopic (exact) mass is 210 g/mol. The average molecular weight is 210 g/mol. The predicted molar refractivity (Wildman–Crippen MR) is 62.7 cm³/mol. The number of piperidine rings is 1. The molecule has 86 valence electrons. The molecule has 1 heterocycles. The number of nitrogens with one attached hydrogen (secondary N) is 1. The Morgan fingerprint density at radius 1 is 1.53 bits per heavy atom. The normalized spacial score (nSPS) is 26.8. The number of hydrogen-bond donors (Lipinski definition) is 1. The molecule has 0 bridgehead atoms. The Bertz CT molecular complexity index is 238. The zero-order valence-corrected chi connectivity index (χ0v) is 9.99. The summed E-state index contributed by atoms with van der Waals surface area (Å²) < 4.78 is 0. The second-order valence-electron chi connectivity index (χ2n) is 4.64. The van der Waals surface area contributed by atoms with E-state index in [1.807, 2.05) is 4.90 Å². The molecular formula is C12H22N2O. The molecule has 0 radical (unpaired) electrons. The Morgan fingerprint density at radius 2 is 2.20 bits per heavy atom. The number of carbonyl (C=O) groups is 1. The maximum Gasteiger partial charge on any atom is 0.246 e. The third kappa shape index (κ3) is 3.34. The van der Waals surface area contributed by atoms with Crippen LogP contribution in [0.2, 0.25) is 0 Å². The summed E-state index contributed by atoms with van der Waals surface area (Å²) >= 11 is 0. The van der Waals surface area contributed by atoms with Crippen molar-refractivity contribution in [1.29, 1.82) is 0 Å². The minimum absolute atomic E-state index is 0.0535. The largest absolute Gasteiger partial charge is 0.335 e. The SMILES string of the molecule is C=CC(=O)N1CC(NC(C)C)CCC1C. The lowest BCUT2D eigenvalue weighted by Gasteiger charge is -2.38. The lowest BCUT2D eigenvalue weighted by atomic mass is 9.98. The summed E-state index contributed by atoms with van der Waals surface area (Å²) in [6.07, 6.45) is 3.64. The van der Waals surface area contributed by atoms with E-state index in [1.165, 1.54) is 6.08 Å². The van der Waals surface area contributed by atoms with Gasteiger partial charge in [-0.3, -0.25) is 4.79 Å². The van der Waals surface area contributed by atoms with Crippen LogP contribution in [0.25, 0.3) is 0 Å². The highest BCUT2D eigenvalue weighted by Crippen LogP contribution is 2.17. The Hall–Kier alpha value is -0.830. The van der Waals surface area contributed by atoms with E-state index in [-0.39, 0.29) is 5.91 Å². The molecule has 0 aromatic rings. The molecule has 1 fully saturated rings. The van der Waals surface area contributed by atoms with Crippen molar-refractivity contribution < 1.29 is 4.79 Å². The zero-order valence-electron chi connectivity index (χ0n) is 9.99. The standard InChI is InChI=1S/C12H22N2O/c1-5-12(15)14-8-11(13-9(2)3)7-6-10(14)4/h5,9-11,13H,1,6-8H2,2-4H3. The van der Waals surface area contributed by atoms with Crippen molar-refractivity contribution >= 4 is 5.91 Å². The van der Waals surface area contributed by atoms with Crippen molar-refractivity contribution in [1.82, 2.24) is 10.2 Å². The van der Waals surface area contributed by atoms with Crippen LogP contribution in [0.3, 0.4) is 0 Å². The van der Waals surface area contributed by atoms with E-state index in [1.54, 1.807) is 0 Å². The van der Waals surface area contributed by atoms with Crippen LogP contribution in [-0.4, -0.2) is 35.5 Å². The van der Waals surface area contributed by atoms with Gasteiger partial charge >= 0.3 is 0 Å². The molecule has 0 aromatic heterocycles. The van der Waals surface area contributed by atoms with Gasteiger partial charge in [-0.1, -0.05) is 20.4 Å². The van der Waals surface area contributed by atoms with Crippen molar-refractivity contribution in [3.8, 4) is 0 Å². The summed E-state index contributed by atoms with van der Waals surface area (Å²) in [4.78, 5) is 13.5. The maximum absolute atomic E-state index is 11.6. The van der Waals surface area contributed by atoms with Crippen molar-refractivity contribution in [2.45, 2.75) is 51.7 Å². The fourth-order valence-corrected chi connectivity index (χ4v) is 2.14. The second kappa shape index (κ2) is 5.31. The van der Waals surface area contributed by atoms with Crippen molar-refractivity contribution in [3.05, 3.63) is 12.7 Å². The van der Waals surface area contributed by atoms with E-state index in [2.05, 4.69) is 32.7 Å². The Kier molecular flexibility index (Phi) is 4.33. The van der Waals surface area contributed by atoms with E-state index in [0.29, 0.717) is 18.1 Å². The molecule has 3 heteroatoms. The molecule has 1 aliphatic rings. The quantitative estimate of drug-likeness (QED) is 0.717. The second-order valence-corrected chi connectivity index (χ2v) is 4.64. The van der Waals surface area contributed by atoms with Crippen LogP contribution in [0.4, 0.5) is 0 Å². The minimum Gasteiger partial charge on any atom is -0.335 e. The third-order valence-corrected chi connectivity index (χ3v) is 2.91. The summed E-state index contributed by atoms with van der Waals surface area (Å²) in [6.45, 7) is 10.7. The topological polar surface area (TPSA) is 32.3 Å². The van der Waals surface area contributed by atoms with Gasteiger partial charge < -0.3 is 10.2 Å². The van der Waals surface area contributed by atoms with E-state index < -0.39 is 0 Å². The summed E-state index contributed by atoms with van der Waals surface area (Å²) in [5.74, 6) is 0.0535. The number of hydrogen-bond acceptors (Lipinski definition) is 2. The van der Waals surface area contributed by atoms with Gasteiger partial charge in [-0.05, 0) is 25.8 Å². The summed E-state index contributed by atoms with van der Waals surface area (Å²) in [5.41, 5.74) is 0. The molecule has 1 saturated heterocycles. The molecular weight excluding hydrogens is 188 g/mol. The Labute approximate surface area is 92.5 Å². The van der Waals surface area contributed by atoms with Crippen LogP contribution in [-0.2, 0) is 4.79 Å². The fraction of sp³-hybridized carbons (Fsp3) is 0.750. The van der Waals surface area contributed by atoms with Crippen LogP contribution in [0, 0.1) is 0 Å². The number of amides is 1. The first-order chi connectivity index (χ1) is 7.04. The van der Waals surface area contributed by atoms with Crippen molar-refractivity contribution in [2.24, 2.45) is 0 Å². The highest BCUT2D eigenvalue weighted by molar-refractivity contribution is 5.87.